The van der Waals surface area contributed by atoms with Crippen LogP contribution in [-0.2, 0) is 9.47 Å². The van der Waals surface area contributed by atoms with E-state index in [0.29, 0.717) is 0 Å². The van der Waals surface area contributed by atoms with Crippen LogP contribution in [-0.4, -0.2) is 72.3 Å². The van der Waals surface area contributed by atoms with Crippen LogP contribution in [0.2, 0.25) is 0 Å². The van der Waals surface area contributed by atoms with Crippen molar-refractivity contribution in [2.75, 3.05) is 0 Å². The van der Waals surface area contributed by atoms with Gasteiger partial charge in [0.2, 0.25) is 5.78 Å². The smallest absolute Gasteiger partial charge is 0.202 e. The first-order valence-corrected chi connectivity index (χ1v) is 11.5. The average molecular weight is 501 g/mol. The van der Waals surface area contributed by atoms with Gasteiger partial charge in [0.25, 0.3) is 0 Å². The number of nitrogens with two attached hydrogens (primary N) is 1. The number of fused-ring (bicyclic) bond motifs is 3. The number of ether oxygens (including phenoxy) is 2. The number of rotatable bonds is 2. The van der Waals surface area contributed by atoms with Crippen LogP contribution in [0.3, 0.4) is 0 Å². The maximum absolute atomic E-state index is 13.4. The number of phenols is 3. The van der Waals surface area contributed by atoms with E-state index < -0.39 is 82.3 Å². The SMILES string of the molecule is CC1OC(OC2CC(C)(O)C(O)c3c(O)c4c(c(O)c32)C(=O)c2c(O)cccc2C4=O)CC(N)C1O. The second-order valence-electron chi connectivity index (χ2n) is 9.88. The quantitative estimate of drug-likeness (QED) is 0.243. The second kappa shape index (κ2) is 8.23. The largest absolute Gasteiger partial charge is 0.507 e. The maximum Gasteiger partial charge on any atom is 0.202 e. The Labute approximate surface area is 205 Å². The summed E-state index contributed by atoms with van der Waals surface area (Å²) in [5, 5.41) is 64.7. The van der Waals surface area contributed by atoms with Crippen LogP contribution in [0.15, 0.2) is 18.2 Å². The first-order chi connectivity index (χ1) is 16.8. The van der Waals surface area contributed by atoms with Crippen molar-refractivity contribution in [3.8, 4) is 17.2 Å². The lowest BCUT2D eigenvalue weighted by Gasteiger charge is -2.43. The minimum atomic E-state index is -1.87. The fourth-order valence-corrected chi connectivity index (χ4v) is 5.41. The van der Waals surface area contributed by atoms with E-state index >= 15 is 0 Å². The fourth-order valence-electron chi connectivity index (χ4n) is 5.41. The van der Waals surface area contributed by atoms with Gasteiger partial charge < -0.3 is 45.8 Å². The van der Waals surface area contributed by atoms with Crippen molar-refractivity contribution >= 4 is 11.6 Å². The van der Waals surface area contributed by atoms with Gasteiger partial charge in [-0.3, -0.25) is 9.59 Å². The van der Waals surface area contributed by atoms with E-state index in [1.165, 1.54) is 25.1 Å². The second-order valence-corrected chi connectivity index (χ2v) is 9.88. The lowest BCUT2D eigenvalue weighted by Crippen LogP contribution is -2.52. The molecule has 2 aromatic carbocycles. The highest BCUT2D eigenvalue weighted by atomic mass is 16.7. The molecule has 0 radical (unpaired) electrons. The molecular formula is C25H27NO10. The zero-order valence-corrected chi connectivity index (χ0v) is 19.5. The lowest BCUT2D eigenvalue weighted by atomic mass is 9.72. The van der Waals surface area contributed by atoms with Gasteiger partial charge in [0.15, 0.2) is 12.1 Å². The predicted molar refractivity (Wildman–Crippen MR) is 122 cm³/mol. The molecule has 1 heterocycles. The third kappa shape index (κ3) is 3.43. The van der Waals surface area contributed by atoms with Crippen molar-refractivity contribution in [2.24, 2.45) is 5.73 Å². The van der Waals surface area contributed by atoms with E-state index in [0.717, 1.165) is 0 Å². The van der Waals surface area contributed by atoms with Gasteiger partial charge in [-0.25, -0.2) is 0 Å². The Morgan fingerprint density at radius 3 is 2.33 bits per heavy atom. The summed E-state index contributed by atoms with van der Waals surface area (Å²) in [4.78, 5) is 26.6. The summed E-state index contributed by atoms with van der Waals surface area (Å²) >= 11 is 0. The molecule has 1 fully saturated rings. The molecule has 0 spiro atoms. The number of benzene rings is 2. The lowest BCUT2D eigenvalue weighted by molar-refractivity contribution is -0.251. The summed E-state index contributed by atoms with van der Waals surface area (Å²) in [5.41, 5.74) is 1.97. The Kier molecular flexibility index (Phi) is 5.63. The predicted octanol–water partition coefficient (Wildman–Crippen LogP) is 0.648. The van der Waals surface area contributed by atoms with Gasteiger partial charge in [-0.1, -0.05) is 12.1 Å². The van der Waals surface area contributed by atoms with Crippen LogP contribution >= 0.6 is 0 Å². The van der Waals surface area contributed by atoms with E-state index in [9.17, 15) is 40.2 Å². The molecule has 11 heteroatoms. The standard InChI is InChI=1S/C25H27NO10/c1-8-19(28)10(26)6-13(35-8)36-12-7-25(2,34)24(33)18-15(12)22(31)17-16(23(18)32)20(29)9-4-3-5-11(27)14(9)21(17)30/h3-5,8,10,12-13,19,24,27-28,31-34H,6-7,26H2,1-2H3. The molecule has 1 aliphatic heterocycles. The van der Waals surface area contributed by atoms with Gasteiger partial charge in [0, 0.05) is 35.6 Å². The molecule has 2 aromatic rings. The number of carbonyl (C=O) groups is 2. The maximum atomic E-state index is 13.4. The Balaban J connectivity index is 1.68. The first-order valence-electron chi connectivity index (χ1n) is 11.5. The van der Waals surface area contributed by atoms with Crippen LogP contribution in [0, 0.1) is 0 Å². The molecule has 0 aromatic heterocycles. The highest BCUT2D eigenvalue weighted by Crippen LogP contribution is 2.55. The highest BCUT2D eigenvalue weighted by molar-refractivity contribution is 6.31. The monoisotopic (exact) mass is 501 g/mol. The number of ketones is 2. The van der Waals surface area contributed by atoms with Gasteiger partial charge in [-0.15, -0.1) is 0 Å². The van der Waals surface area contributed by atoms with Crippen molar-refractivity contribution in [2.45, 2.75) is 69.0 Å². The van der Waals surface area contributed by atoms with Gasteiger partial charge in [-0.2, -0.15) is 0 Å². The normalized spacial score (nSPS) is 33.6. The summed E-state index contributed by atoms with van der Waals surface area (Å²) in [6.45, 7) is 2.90. The summed E-state index contributed by atoms with van der Waals surface area (Å²) < 4.78 is 11.7. The van der Waals surface area contributed by atoms with Gasteiger partial charge in [-0.05, 0) is 19.9 Å². The summed E-state index contributed by atoms with van der Waals surface area (Å²) in [6, 6.07) is 3.19. The van der Waals surface area contributed by atoms with E-state index in [-0.39, 0.29) is 35.1 Å². The fraction of sp³-hybridized carbons (Fsp3) is 0.440. The Bertz CT molecular complexity index is 1280. The molecule has 0 amide bonds. The van der Waals surface area contributed by atoms with Crippen molar-refractivity contribution in [1.82, 2.24) is 0 Å². The van der Waals surface area contributed by atoms with E-state index in [1.54, 1.807) is 6.92 Å². The number of aliphatic hydroxyl groups is 3. The number of hydrogen-bond acceptors (Lipinski definition) is 11. The molecule has 7 unspecified atom stereocenters. The summed E-state index contributed by atoms with van der Waals surface area (Å²) in [5.74, 6) is -3.72. The molecule has 0 saturated carbocycles. The van der Waals surface area contributed by atoms with Crippen molar-refractivity contribution in [1.29, 1.82) is 0 Å². The molecule has 11 nitrogen and oxygen atoms in total. The Hall–Kier alpha value is -3.06. The van der Waals surface area contributed by atoms with Crippen LogP contribution in [0.25, 0.3) is 0 Å². The number of aromatic hydroxyl groups is 3. The Morgan fingerprint density at radius 1 is 1.03 bits per heavy atom. The molecular weight excluding hydrogens is 474 g/mol. The third-order valence-corrected chi connectivity index (χ3v) is 7.34. The summed E-state index contributed by atoms with van der Waals surface area (Å²) in [7, 11) is 0. The van der Waals surface area contributed by atoms with Crippen LogP contribution in [0.1, 0.15) is 81.9 Å². The van der Waals surface area contributed by atoms with E-state index in [1.807, 2.05) is 0 Å². The van der Waals surface area contributed by atoms with Crippen LogP contribution in [0.5, 0.6) is 17.2 Å². The molecule has 0 bridgehead atoms. The zero-order valence-electron chi connectivity index (χ0n) is 19.5. The number of phenolic OH excluding ortho intramolecular Hbond substituents is 3. The van der Waals surface area contributed by atoms with Crippen LogP contribution < -0.4 is 5.73 Å². The minimum absolute atomic E-state index is 0.0678. The Morgan fingerprint density at radius 2 is 1.67 bits per heavy atom. The topological polar surface area (TPSA) is 200 Å². The van der Waals surface area contributed by atoms with E-state index in [4.69, 9.17) is 15.2 Å². The van der Waals surface area contributed by atoms with Crippen molar-refractivity contribution in [3.63, 3.8) is 0 Å². The molecule has 3 aliphatic rings. The number of hydrogen-bond donors (Lipinski definition) is 7. The first kappa shape index (κ1) is 24.6. The molecule has 5 rings (SSSR count). The highest BCUT2D eigenvalue weighted by Gasteiger charge is 2.50. The molecule has 8 N–H and O–H groups in total. The van der Waals surface area contributed by atoms with Gasteiger partial charge >= 0.3 is 0 Å². The molecule has 7 atom stereocenters. The summed E-state index contributed by atoms with van der Waals surface area (Å²) in [6.07, 6.45) is -5.76. The number of aliphatic hydroxyl groups excluding tert-OH is 2. The van der Waals surface area contributed by atoms with Crippen molar-refractivity contribution in [3.05, 3.63) is 51.6 Å². The molecule has 1 saturated heterocycles. The van der Waals surface area contributed by atoms with Crippen LogP contribution in [0.4, 0.5) is 0 Å². The van der Waals surface area contributed by atoms with E-state index in [2.05, 4.69) is 0 Å². The molecule has 36 heavy (non-hydrogen) atoms. The van der Waals surface area contributed by atoms with Crippen molar-refractivity contribution < 1.29 is 49.7 Å². The molecule has 192 valence electrons. The average Bonchev–Trinajstić information content (AvgIpc) is 2.80. The van der Waals surface area contributed by atoms with Gasteiger partial charge in [0.05, 0.1) is 40.6 Å². The number of carbonyl (C=O) groups excluding carboxylic acids is 2. The minimum Gasteiger partial charge on any atom is -0.507 e. The molecule has 2 aliphatic carbocycles. The van der Waals surface area contributed by atoms with Gasteiger partial charge in [0.1, 0.15) is 23.4 Å². The third-order valence-electron chi connectivity index (χ3n) is 7.34. The zero-order chi connectivity index (χ0) is 26.3.